The SMILES string of the molecule is COC(=O)c1cc(CN(Cc2cnn(C)c2)C(C)C)c(C)s1. The molecule has 0 radical (unpaired) electrons. The fourth-order valence-corrected chi connectivity index (χ4v) is 3.26. The predicted octanol–water partition coefficient (Wildman–Crippen LogP) is 2.99. The van der Waals surface area contributed by atoms with Gasteiger partial charge in [-0.15, -0.1) is 11.3 Å². The third kappa shape index (κ3) is 3.96. The van der Waals surface area contributed by atoms with Crippen LogP contribution in [0.5, 0.6) is 0 Å². The van der Waals surface area contributed by atoms with Crippen LogP contribution in [0, 0.1) is 6.92 Å². The van der Waals surface area contributed by atoms with Crippen LogP contribution in [-0.4, -0.2) is 33.8 Å². The van der Waals surface area contributed by atoms with Crippen molar-refractivity contribution in [1.82, 2.24) is 14.7 Å². The lowest BCUT2D eigenvalue weighted by Gasteiger charge is -2.26. The minimum Gasteiger partial charge on any atom is -0.465 e. The molecule has 0 amide bonds. The van der Waals surface area contributed by atoms with Crippen LogP contribution in [0.4, 0.5) is 0 Å². The molecule has 2 rings (SSSR count). The maximum Gasteiger partial charge on any atom is 0.348 e. The molecular weight excluding hydrogens is 298 g/mol. The van der Waals surface area contributed by atoms with E-state index in [-0.39, 0.29) is 5.97 Å². The molecule has 0 aliphatic rings. The molecule has 0 fully saturated rings. The first-order chi connectivity index (χ1) is 10.4. The smallest absolute Gasteiger partial charge is 0.348 e. The zero-order valence-corrected chi connectivity index (χ0v) is 14.6. The molecule has 120 valence electrons. The van der Waals surface area contributed by atoms with Crippen LogP contribution >= 0.6 is 11.3 Å². The average molecular weight is 321 g/mol. The minimum absolute atomic E-state index is 0.261. The molecule has 0 aliphatic heterocycles. The first kappa shape index (κ1) is 16.7. The topological polar surface area (TPSA) is 47.4 Å². The zero-order chi connectivity index (χ0) is 16.3. The van der Waals surface area contributed by atoms with Gasteiger partial charge in [-0.25, -0.2) is 4.79 Å². The van der Waals surface area contributed by atoms with E-state index in [0.717, 1.165) is 18.0 Å². The van der Waals surface area contributed by atoms with Gasteiger partial charge < -0.3 is 4.74 Å². The molecule has 22 heavy (non-hydrogen) atoms. The number of nitrogens with zero attached hydrogens (tertiary/aromatic N) is 3. The van der Waals surface area contributed by atoms with Crippen molar-refractivity contribution in [2.45, 2.75) is 39.9 Å². The Balaban J connectivity index is 2.14. The predicted molar refractivity (Wildman–Crippen MR) is 88.0 cm³/mol. The molecule has 0 spiro atoms. The van der Waals surface area contributed by atoms with Crippen molar-refractivity contribution in [3.05, 3.63) is 39.3 Å². The van der Waals surface area contributed by atoms with Crippen molar-refractivity contribution < 1.29 is 9.53 Å². The van der Waals surface area contributed by atoms with Crippen LogP contribution in [0.15, 0.2) is 18.5 Å². The summed E-state index contributed by atoms with van der Waals surface area (Å²) in [6.07, 6.45) is 3.94. The lowest BCUT2D eigenvalue weighted by Crippen LogP contribution is -2.29. The van der Waals surface area contributed by atoms with Gasteiger partial charge in [0.25, 0.3) is 0 Å². The molecule has 0 aromatic carbocycles. The zero-order valence-electron chi connectivity index (χ0n) is 13.8. The van der Waals surface area contributed by atoms with Crippen LogP contribution < -0.4 is 0 Å². The fourth-order valence-electron chi connectivity index (χ4n) is 2.31. The highest BCUT2D eigenvalue weighted by Gasteiger charge is 2.17. The monoisotopic (exact) mass is 321 g/mol. The highest BCUT2D eigenvalue weighted by Crippen LogP contribution is 2.25. The van der Waals surface area contributed by atoms with E-state index in [4.69, 9.17) is 4.74 Å². The van der Waals surface area contributed by atoms with E-state index in [1.54, 1.807) is 0 Å². The molecule has 0 saturated carbocycles. The molecule has 2 aromatic rings. The largest absolute Gasteiger partial charge is 0.465 e. The van der Waals surface area contributed by atoms with Crippen LogP contribution in [-0.2, 0) is 24.9 Å². The van der Waals surface area contributed by atoms with Crippen molar-refractivity contribution in [2.75, 3.05) is 7.11 Å². The summed E-state index contributed by atoms with van der Waals surface area (Å²) in [5.41, 5.74) is 2.38. The average Bonchev–Trinajstić information content (AvgIpc) is 3.04. The Bertz CT molecular complexity index is 646. The van der Waals surface area contributed by atoms with Crippen LogP contribution in [0.1, 0.15) is 39.5 Å². The quantitative estimate of drug-likeness (QED) is 0.768. The van der Waals surface area contributed by atoms with Gasteiger partial charge in [0.05, 0.1) is 13.3 Å². The van der Waals surface area contributed by atoms with Gasteiger partial charge in [0.15, 0.2) is 0 Å². The Morgan fingerprint density at radius 3 is 2.73 bits per heavy atom. The number of methoxy groups -OCH3 is 1. The van der Waals surface area contributed by atoms with E-state index >= 15 is 0 Å². The molecular formula is C16H23N3O2S. The van der Waals surface area contributed by atoms with Crippen LogP contribution in [0.2, 0.25) is 0 Å². The maximum absolute atomic E-state index is 11.7. The Morgan fingerprint density at radius 1 is 1.45 bits per heavy atom. The first-order valence-electron chi connectivity index (χ1n) is 7.30. The molecule has 0 aliphatic carbocycles. The van der Waals surface area contributed by atoms with Crippen molar-refractivity contribution in [2.24, 2.45) is 7.05 Å². The molecule has 0 N–H and O–H groups in total. The number of carbonyl (C=O) groups excluding carboxylic acids is 1. The minimum atomic E-state index is -0.261. The van der Waals surface area contributed by atoms with E-state index in [0.29, 0.717) is 10.9 Å². The molecule has 6 heteroatoms. The fraction of sp³-hybridized carbons (Fsp3) is 0.500. The first-order valence-corrected chi connectivity index (χ1v) is 8.11. The summed E-state index contributed by atoms with van der Waals surface area (Å²) in [5, 5.41) is 4.22. The summed E-state index contributed by atoms with van der Waals surface area (Å²) in [6.45, 7) is 8.06. The lowest BCUT2D eigenvalue weighted by atomic mass is 10.2. The number of esters is 1. The highest BCUT2D eigenvalue weighted by molar-refractivity contribution is 7.14. The van der Waals surface area contributed by atoms with Crippen molar-refractivity contribution in [1.29, 1.82) is 0 Å². The van der Waals surface area contributed by atoms with Crippen molar-refractivity contribution in [3.63, 3.8) is 0 Å². The molecule has 2 heterocycles. The van der Waals surface area contributed by atoms with Crippen molar-refractivity contribution >= 4 is 17.3 Å². The molecule has 0 bridgehead atoms. The number of hydrogen-bond donors (Lipinski definition) is 0. The summed E-state index contributed by atoms with van der Waals surface area (Å²) in [4.78, 5) is 15.9. The summed E-state index contributed by atoms with van der Waals surface area (Å²) in [6, 6.07) is 2.35. The van der Waals surface area contributed by atoms with E-state index < -0.39 is 0 Å². The number of aromatic nitrogens is 2. The second-order valence-corrected chi connectivity index (χ2v) is 6.96. The maximum atomic E-state index is 11.7. The Labute approximate surface area is 135 Å². The molecule has 0 unspecified atom stereocenters. The number of aryl methyl sites for hydroxylation is 2. The second-order valence-electron chi connectivity index (χ2n) is 5.70. The van der Waals surface area contributed by atoms with Crippen molar-refractivity contribution in [3.8, 4) is 0 Å². The third-order valence-corrected chi connectivity index (χ3v) is 4.73. The number of thiophene rings is 1. The number of carbonyl (C=O) groups is 1. The van der Waals surface area contributed by atoms with Gasteiger partial charge in [0.2, 0.25) is 0 Å². The van der Waals surface area contributed by atoms with Gasteiger partial charge in [-0.1, -0.05) is 0 Å². The normalized spacial score (nSPS) is 11.4. The Hall–Kier alpha value is -1.66. The molecule has 2 aromatic heterocycles. The van der Waals surface area contributed by atoms with Crippen LogP contribution in [0.3, 0.4) is 0 Å². The number of rotatable bonds is 6. The van der Waals surface area contributed by atoms with E-state index in [1.165, 1.54) is 29.6 Å². The summed E-state index contributed by atoms with van der Waals surface area (Å²) >= 11 is 1.49. The van der Waals surface area contributed by atoms with Gasteiger partial charge in [-0.3, -0.25) is 9.58 Å². The summed E-state index contributed by atoms with van der Waals surface area (Å²) < 4.78 is 6.62. The summed E-state index contributed by atoms with van der Waals surface area (Å²) in [7, 11) is 3.34. The number of hydrogen-bond acceptors (Lipinski definition) is 5. The van der Waals surface area contributed by atoms with Gasteiger partial charge in [-0.05, 0) is 32.4 Å². The van der Waals surface area contributed by atoms with Gasteiger partial charge >= 0.3 is 5.97 Å². The van der Waals surface area contributed by atoms with E-state index in [2.05, 4.69) is 30.8 Å². The van der Waals surface area contributed by atoms with E-state index in [1.807, 2.05) is 30.2 Å². The van der Waals surface area contributed by atoms with Gasteiger partial charge in [0.1, 0.15) is 4.88 Å². The van der Waals surface area contributed by atoms with E-state index in [9.17, 15) is 4.79 Å². The Kier molecular flexibility index (Phi) is 5.37. The third-order valence-electron chi connectivity index (χ3n) is 3.65. The highest BCUT2D eigenvalue weighted by atomic mass is 32.1. The standard InChI is InChI=1S/C16H23N3O2S/c1-11(2)19(9-13-7-17-18(4)8-13)10-14-6-15(16(20)21-5)22-12(14)3/h6-8,11H,9-10H2,1-5H3. The molecule has 0 atom stereocenters. The molecule has 0 saturated heterocycles. The second kappa shape index (κ2) is 7.07. The number of ether oxygens (including phenoxy) is 1. The summed E-state index contributed by atoms with van der Waals surface area (Å²) in [5.74, 6) is -0.261. The lowest BCUT2D eigenvalue weighted by molar-refractivity contribution is 0.0606. The Morgan fingerprint density at radius 2 is 2.18 bits per heavy atom. The van der Waals surface area contributed by atoms with Crippen LogP contribution in [0.25, 0.3) is 0 Å². The molecule has 5 nitrogen and oxygen atoms in total. The van der Waals surface area contributed by atoms with Gasteiger partial charge in [0, 0.05) is 42.8 Å². The van der Waals surface area contributed by atoms with Gasteiger partial charge in [-0.2, -0.15) is 5.10 Å².